The smallest absolute Gasteiger partial charge is 0.433 e. The Bertz CT molecular complexity index is 1740. The van der Waals surface area contributed by atoms with Crippen molar-refractivity contribution < 1.29 is 27.4 Å². The number of rotatable bonds is 10. The Morgan fingerprint density at radius 1 is 1.07 bits per heavy atom. The zero-order chi connectivity index (χ0) is 31.3. The van der Waals surface area contributed by atoms with Crippen LogP contribution in [-0.4, -0.2) is 32.2 Å². The first kappa shape index (κ1) is 31.0. The van der Waals surface area contributed by atoms with E-state index in [9.17, 15) is 27.6 Å². The van der Waals surface area contributed by atoms with Crippen molar-refractivity contribution in [2.24, 2.45) is 5.92 Å². The van der Waals surface area contributed by atoms with Gasteiger partial charge < -0.3 is 14.8 Å². The predicted octanol–water partition coefficient (Wildman–Crippen LogP) is 5.59. The van der Waals surface area contributed by atoms with Crippen LogP contribution in [0.25, 0.3) is 0 Å². The lowest BCUT2D eigenvalue weighted by Crippen LogP contribution is -2.46. The molecule has 0 bridgehead atoms. The van der Waals surface area contributed by atoms with Gasteiger partial charge in [0.2, 0.25) is 11.8 Å². The molecular formula is C29H25ClF3N5O5. The number of carbonyl (C=O) groups is 1. The minimum atomic E-state index is -4.63. The maximum atomic E-state index is 13.7. The summed E-state index contributed by atoms with van der Waals surface area (Å²) in [6.07, 6.45) is -3.34. The normalized spacial score (nSPS) is 12.7. The molecule has 4 rings (SSSR count). The second-order valence-corrected chi connectivity index (χ2v) is 9.66. The van der Waals surface area contributed by atoms with E-state index >= 15 is 0 Å². The minimum absolute atomic E-state index is 0.0161. The lowest BCUT2D eigenvalue weighted by atomic mass is 10.0. The van der Waals surface area contributed by atoms with Crippen molar-refractivity contribution in [1.29, 1.82) is 0 Å². The van der Waals surface area contributed by atoms with E-state index in [1.165, 1.54) is 61.1 Å². The van der Waals surface area contributed by atoms with Gasteiger partial charge in [-0.3, -0.25) is 9.36 Å². The van der Waals surface area contributed by atoms with E-state index in [4.69, 9.17) is 21.1 Å². The maximum absolute atomic E-state index is 13.7. The highest BCUT2D eigenvalue weighted by atomic mass is 35.5. The van der Waals surface area contributed by atoms with Gasteiger partial charge in [0.1, 0.15) is 11.4 Å². The van der Waals surface area contributed by atoms with Crippen molar-refractivity contribution in [2.75, 3.05) is 12.4 Å². The summed E-state index contributed by atoms with van der Waals surface area (Å²) < 4.78 is 51.2. The van der Waals surface area contributed by atoms with Gasteiger partial charge in [0, 0.05) is 16.8 Å². The third-order valence-electron chi connectivity index (χ3n) is 6.36. The standard InChI is InChI=1S/C29H25ClF3N5O5/c1-4-22(25(39)42-3)17(2)38-27(40)36-26(37(28(38)41)16-18-8-10-19(30)11-9-18)34-20-12-14-21(15-13-20)43-24-7-5-6-23(35-24)29(31,32)33/h4-15,17,22H,1,16H2,2-3H3,(H,34,36,40)/t17-,22+/m0/s1. The van der Waals surface area contributed by atoms with Gasteiger partial charge in [-0.2, -0.15) is 18.2 Å². The number of benzene rings is 2. The second-order valence-electron chi connectivity index (χ2n) is 9.22. The summed E-state index contributed by atoms with van der Waals surface area (Å²) in [5.74, 6) is -1.85. The van der Waals surface area contributed by atoms with E-state index < -0.39 is 41.2 Å². The van der Waals surface area contributed by atoms with Crippen LogP contribution >= 0.6 is 11.6 Å². The van der Waals surface area contributed by atoms with Crippen LogP contribution in [0.1, 0.15) is 24.2 Å². The van der Waals surface area contributed by atoms with E-state index in [-0.39, 0.29) is 24.1 Å². The predicted molar refractivity (Wildman–Crippen MR) is 153 cm³/mol. The Hall–Kier alpha value is -4.91. The Morgan fingerprint density at radius 2 is 1.74 bits per heavy atom. The average molecular weight is 616 g/mol. The molecule has 0 saturated carbocycles. The Morgan fingerprint density at radius 3 is 2.35 bits per heavy atom. The largest absolute Gasteiger partial charge is 0.469 e. The fourth-order valence-electron chi connectivity index (χ4n) is 4.14. The summed E-state index contributed by atoms with van der Waals surface area (Å²) in [6.45, 7) is 5.11. The van der Waals surface area contributed by atoms with Crippen molar-refractivity contribution in [1.82, 2.24) is 19.1 Å². The molecule has 43 heavy (non-hydrogen) atoms. The van der Waals surface area contributed by atoms with Crippen LogP contribution in [0, 0.1) is 5.92 Å². The number of anilines is 2. The minimum Gasteiger partial charge on any atom is -0.469 e. The summed E-state index contributed by atoms with van der Waals surface area (Å²) in [5.41, 5.74) is -1.72. The molecule has 0 aliphatic carbocycles. The Labute approximate surface area is 248 Å². The molecule has 0 spiro atoms. The number of nitrogens with one attached hydrogen (secondary N) is 1. The molecule has 0 fully saturated rings. The van der Waals surface area contributed by atoms with Crippen LogP contribution in [0.3, 0.4) is 0 Å². The third kappa shape index (κ3) is 7.30. The summed E-state index contributed by atoms with van der Waals surface area (Å²) in [4.78, 5) is 46.7. The molecule has 0 unspecified atom stereocenters. The summed E-state index contributed by atoms with van der Waals surface area (Å²) in [5, 5.41) is 3.42. The first-order valence-corrected chi connectivity index (χ1v) is 13.1. The molecule has 0 aliphatic heterocycles. The lowest BCUT2D eigenvalue weighted by Gasteiger charge is -2.22. The van der Waals surface area contributed by atoms with E-state index in [0.717, 1.165) is 10.6 Å². The number of pyridine rings is 1. The van der Waals surface area contributed by atoms with Gasteiger partial charge >= 0.3 is 23.5 Å². The number of aromatic nitrogens is 4. The van der Waals surface area contributed by atoms with Crippen LogP contribution in [0.15, 0.2) is 89.0 Å². The number of halogens is 4. The fourth-order valence-corrected chi connectivity index (χ4v) is 4.26. The molecule has 2 atom stereocenters. The van der Waals surface area contributed by atoms with Crippen LogP contribution < -0.4 is 21.4 Å². The van der Waals surface area contributed by atoms with Crippen molar-refractivity contribution in [3.05, 3.63) is 117 Å². The number of ether oxygens (including phenoxy) is 2. The summed E-state index contributed by atoms with van der Waals surface area (Å²) >= 11 is 6.00. The number of nitrogens with zero attached hydrogens (tertiary/aromatic N) is 4. The van der Waals surface area contributed by atoms with Gasteiger partial charge in [0.25, 0.3) is 0 Å². The van der Waals surface area contributed by atoms with E-state index in [2.05, 4.69) is 21.9 Å². The van der Waals surface area contributed by atoms with Gasteiger partial charge in [-0.15, -0.1) is 6.58 Å². The zero-order valence-electron chi connectivity index (χ0n) is 22.8. The number of methoxy groups -OCH3 is 1. The van der Waals surface area contributed by atoms with Crippen molar-refractivity contribution in [3.63, 3.8) is 0 Å². The van der Waals surface area contributed by atoms with Gasteiger partial charge in [-0.1, -0.05) is 35.9 Å². The molecule has 10 nitrogen and oxygen atoms in total. The quantitative estimate of drug-likeness (QED) is 0.181. The van der Waals surface area contributed by atoms with Gasteiger partial charge in [-0.25, -0.2) is 19.1 Å². The van der Waals surface area contributed by atoms with E-state index in [0.29, 0.717) is 16.3 Å². The van der Waals surface area contributed by atoms with Crippen LogP contribution in [-0.2, 0) is 22.3 Å². The van der Waals surface area contributed by atoms with Crippen LogP contribution in [0.4, 0.5) is 24.8 Å². The number of carbonyl (C=O) groups excluding carboxylic acids is 1. The van der Waals surface area contributed by atoms with Gasteiger partial charge in [0.05, 0.1) is 25.6 Å². The number of esters is 1. The molecule has 0 saturated heterocycles. The van der Waals surface area contributed by atoms with Crippen molar-refractivity contribution >= 4 is 29.2 Å². The number of hydrogen-bond acceptors (Lipinski definition) is 8. The second kappa shape index (κ2) is 12.9. The molecule has 2 heterocycles. The first-order chi connectivity index (χ1) is 20.4. The number of alkyl halides is 3. The molecule has 4 aromatic rings. The molecule has 224 valence electrons. The molecule has 0 aliphatic rings. The zero-order valence-corrected chi connectivity index (χ0v) is 23.6. The number of hydrogen-bond donors (Lipinski definition) is 1. The average Bonchev–Trinajstić information content (AvgIpc) is 2.97. The van der Waals surface area contributed by atoms with E-state index in [1.54, 1.807) is 24.3 Å². The molecule has 2 aromatic heterocycles. The first-order valence-electron chi connectivity index (χ1n) is 12.7. The highest BCUT2D eigenvalue weighted by Crippen LogP contribution is 2.30. The topological polar surface area (TPSA) is 117 Å². The molecule has 0 radical (unpaired) electrons. The highest BCUT2D eigenvalue weighted by molar-refractivity contribution is 6.30. The maximum Gasteiger partial charge on any atom is 0.433 e. The Balaban J connectivity index is 1.68. The third-order valence-corrected chi connectivity index (χ3v) is 6.61. The lowest BCUT2D eigenvalue weighted by molar-refractivity contribution is -0.145. The summed E-state index contributed by atoms with van der Waals surface area (Å²) in [6, 6.07) is 15.0. The molecular weight excluding hydrogens is 591 g/mol. The van der Waals surface area contributed by atoms with Crippen molar-refractivity contribution in [2.45, 2.75) is 25.7 Å². The van der Waals surface area contributed by atoms with E-state index in [1.807, 2.05) is 0 Å². The van der Waals surface area contributed by atoms with Crippen LogP contribution in [0.5, 0.6) is 11.6 Å². The molecule has 1 N–H and O–H groups in total. The fraction of sp³-hybridized carbons (Fsp3) is 0.207. The monoisotopic (exact) mass is 615 g/mol. The van der Waals surface area contributed by atoms with Gasteiger partial charge in [-0.05, 0) is 55.0 Å². The SMILES string of the molecule is C=C[C@@H](C(=O)OC)[C@H](C)n1c(=O)nc(Nc2ccc(Oc3cccc(C(F)(F)F)n3)cc2)n(Cc2ccc(Cl)cc2)c1=O. The molecule has 2 aromatic carbocycles. The Kier molecular flexibility index (Phi) is 9.34. The molecule has 0 amide bonds. The van der Waals surface area contributed by atoms with Crippen LogP contribution in [0.2, 0.25) is 5.02 Å². The van der Waals surface area contributed by atoms with Gasteiger partial charge in [0.15, 0.2) is 0 Å². The summed E-state index contributed by atoms with van der Waals surface area (Å²) in [7, 11) is 1.19. The highest BCUT2D eigenvalue weighted by Gasteiger charge is 2.33. The molecule has 14 heteroatoms. The van der Waals surface area contributed by atoms with Crippen molar-refractivity contribution in [3.8, 4) is 11.6 Å².